The summed E-state index contributed by atoms with van der Waals surface area (Å²) >= 11 is 3.31. The number of ether oxygens (including phenoxy) is 4. The summed E-state index contributed by atoms with van der Waals surface area (Å²) in [6.45, 7) is 1.17. The zero-order valence-corrected chi connectivity index (χ0v) is 16.7. The van der Waals surface area contributed by atoms with Crippen molar-refractivity contribution in [2.75, 3.05) is 26.1 Å². The number of anilines is 1. The van der Waals surface area contributed by atoms with Gasteiger partial charge in [0.2, 0.25) is 0 Å². The SMILES string of the molecule is COc1ccc(OC)c(NC(=O)C(C)OC(=O)COc2ccc(Br)cc2)c1. The van der Waals surface area contributed by atoms with Gasteiger partial charge in [0.25, 0.3) is 5.91 Å². The van der Waals surface area contributed by atoms with Crippen LogP contribution in [0.5, 0.6) is 17.2 Å². The van der Waals surface area contributed by atoms with Gasteiger partial charge >= 0.3 is 5.97 Å². The van der Waals surface area contributed by atoms with Gasteiger partial charge in [0.05, 0.1) is 19.9 Å². The highest BCUT2D eigenvalue weighted by molar-refractivity contribution is 9.10. The van der Waals surface area contributed by atoms with Gasteiger partial charge in [0.1, 0.15) is 17.2 Å². The van der Waals surface area contributed by atoms with Gasteiger partial charge in [-0.15, -0.1) is 0 Å². The van der Waals surface area contributed by atoms with E-state index < -0.39 is 18.0 Å². The second-order valence-corrected chi connectivity index (χ2v) is 6.35. The fourth-order valence-electron chi connectivity index (χ4n) is 2.10. The minimum Gasteiger partial charge on any atom is -0.497 e. The number of hydrogen-bond acceptors (Lipinski definition) is 6. The van der Waals surface area contributed by atoms with Crippen molar-refractivity contribution in [3.8, 4) is 17.2 Å². The van der Waals surface area contributed by atoms with E-state index in [1.807, 2.05) is 0 Å². The lowest BCUT2D eigenvalue weighted by Crippen LogP contribution is -2.31. The zero-order valence-electron chi connectivity index (χ0n) is 15.2. The fraction of sp³-hybridized carbons (Fsp3) is 0.263. The summed E-state index contributed by atoms with van der Waals surface area (Å²) in [4.78, 5) is 24.2. The van der Waals surface area contributed by atoms with Crippen molar-refractivity contribution in [1.82, 2.24) is 0 Å². The van der Waals surface area contributed by atoms with Crippen LogP contribution in [0.3, 0.4) is 0 Å². The fourth-order valence-corrected chi connectivity index (χ4v) is 2.37. The topological polar surface area (TPSA) is 83.1 Å². The molecule has 8 heteroatoms. The molecule has 0 aromatic heterocycles. The molecule has 0 radical (unpaired) electrons. The number of methoxy groups -OCH3 is 2. The van der Waals surface area contributed by atoms with E-state index in [-0.39, 0.29) is 6.61 Å². The molecule has 0 aliphatic rings. The number of esters is 1. The highest BCUT2D eigenvalue weighted by atomic mass is 79.9. The molecule has 1 N–H and O–H groups in total. The Morgan fingerprint density at radius 2 is 1.70 bits per heavy atom. The maximum Gasteiger partial charge on any atom is 0.344 e. The molecule has 144 valence electrons. The van der Waals surface area contributed by atoms with E-state index in [0.29, 0.717) is 22.9 Å². The molecule has 7 nitrogen and oxygen atoms in total. The third-order valence-corrected chi connectivity index (χ3v) is 4.04. The number of benzene rings is 2. The van der Waals surface area contributed by atoms with E-state index in [1.54, 1.807) is 42.5 Å². The first kappa shape index (κ1) is 20.6. The molecule has 1 atom stereocenters. The highest BCUT2D eigenvalue weighted by Gasteiger charge is 2.20. The highest BCUT2D eigenvalue weighted by Crippen LogP contribution is 2.29. The lowest BCUT2D eigenvalue weighted by molar-refractivity contribution is -0.155. The Hall–Kier alpha value is -2.74. The van der Waals surface area contributed by atoms with Crippen LogP contribution < -0.4 is 19.5 Å². The summed E-state index contributed by atoms with van der Waals surface area (Å²) in [6, 6.07) is 12.0. The van der Waals surface area contributed by atoms with Crippen LogP contribution in [-0.2, 0) is 14.3 Å². The van der Waals surface area contributed by atoms with Gasteiger partial charge in [-0.25, -0.2) is 4.79 Å². The van der Waals surface area contributed by atoms with Crippen molar-refractivity contribution >= 4 is 33.5 Å². The third kappa shape index (κ3) is 6.18. The molecule has 0 saturated heterocycles. The van der Waals surface area contributed by atoms with Gasteiger partial charge < -0.3 is 24.3 Å². The van der Waals surface area contributed by atoms with Crippen molar-refractivity contribution in [3.63, 3.8) is 0 Å². The van der Waals surface area contributed by atoms with Gasteiger partial charge in [-0.3, -0.25) is 4.79 Å². The first-order valence-electron chi connectivity index (χ1n) is 8.03. The molecule has 1 amide bonds. The molecule has 27 heavy (non-hydrogen) atoms. The molecule has 2 aromatic carbocycles. The normalized spacial score (nSPS) is 11.3. The summed E-state index contributed by atoms with van der Waals surface area (Å²) < 4.78 is 21.7. The Kier molecular flexibility index (Phi) is 7.48. The van der Waals surface area contributed by atoms with Crippen LogP contribution in [0.1, 0.15) is 6.92 Å². The monoisotopic (exact) mass is 437 g/mol. The van der Waals surface area contributed by atoms with Gasteiger partial charge in [-0.05, 0) is 43.3 Å². The second kappa shape index (κ2) is 9.82. The lowest BCUT2D eigenvalue weighted by atomic mass is 10.2. The summed E-state index contributed by atoms with van der Waals surface area (Å²) in [5, 5.41) is 2.65. The summed E-state index contributed by atoms with van der Waals surface area (Å²) in [5.74, 6) is 0.380. The van der Waals surface area contributed by atoms with Crippen LogP contribution in [0, 0.1) is 0 Å². The quantitative estimate of drug-likeness (QED) is 0.637. The standard InChI is InChI=1S/C19H20BrNO6/c1-12(27-18(22)11-26-14-6-4-13(20)5-7-14)19(23)21-16-10-15(24-2)8-9-17(16)25-3/h4-10,12H,11H2,1-3H3,(H,21,23). The Morgan fingerprint density at radius 3 is 2.33 bits per heavy atom. The largest absolute Gasteiger partial charge is 0.497 e. The van der Waals surface area contributed by atoms with Crippen LogP contribution in [0.25, 0.3) is 0 Å². The molecule has 0 saturated carbocycles. The smallest absolute Gasteiger partial charge is 0.344 e. The second-order valence-electron chi connectivity index (χ2n) is 5.43. The number of rotatable bonds is 8. The van der Waals surface area contributed by atoms with Gasteiger partial charge in [0.15, 0.2) is 12.7 Å². The van der Waals surface area contributed by atoms with E-state index in [9.17, 15) is 9.59 Å². The molecular formula is C19H20BrNO6. The van der Waals surface area contributed by atoms with Crippen molar-refractivity contribution in [3.05, 3.63) is 46.9 Å². The average Bonchev–Trinajstić information content (AvgIpc) is 2.67. The predicted octanol–water partition coefficient (Wildman–Crippen LogP) is 3.42. The van der Waals surface area contributed by atoms with Crippen LogP contribution >= 0.6 is 15.9 Å². The summed E-state index contributed by atoms with van der Waals surface area (Å²) in [7, 11) is 3.00. The Morgan fingerprint density at radius 1 is 1.04 bits per heavy atom. The molecule has 0 bridgehead atoms. The first-order valence-corrected chi connectivity index (χ1v) is 8.83. The van der Waals surface area contributed by atoms with Crippen LogP contribution in [0.4, 0.5) is 5.69 Å². The number of nitrogens with one attached hydrogen (secondary N) is 1. The maximum atomic E-state index is 12.3. The summed E-state index contributed by atoms with van der Waals surface area (Å²) in [6.07, 6.45) is -1.01. The van der Waals surface area contributed by atoms with Crippen LogP contribution in [0.15, 0.2) is 46.9 Å². The van der Waals surface area contributed by atoms with E-state index in [2.05, 4.69) is 21.2 Å². The Balaban J connectivity index is 1.89. The molecule has 1 unspecified atom stereocenters. The Bertz CT molecular complexity index is 793. The number of carbonyl (C=O) groups is 2. The molecule has 0 aliphatic carbocycles. The number of amides is 1. The predicted molar refractivity (Wildman–Crippen MR) is 103 cm³/mol. The van der Waals surface area contributed by atoms with Crippen molar-refractivity contribution in [2.45, 2.75) is 13.0 Å². The molecule has 0 aliphatic heterocycles. The molecule has 0 spiro atoms. The van der Waals surface area contributed by atoms with E-state index in [1.165, 1.54) is 21.1 Å². The number of halogens is 1. The zero-order chi connectivity index (χ0) is 19.8. The van der Waals surface area contributed by atoms with E-state index in [4.69, 9.17) is 18.9 Å². The first-order chi connectivity index (χ1) is 12.9. The minimum absolute atomic E-state index is 0.304. The third-order valence-electron chi connectivity index (χ3n) is 3.51. The van der Waals surface area contributed by atoms with E-state index >= 15 is 0 Å². The van der Waals surface area contributed by atoms with Crippen molar-refractivity contribution < 1.29 is 28.5 Å². The van der Waals surface area contributed by atoms with Crippen LogP contribution in [0.2, 0.25) is 0 Å². The van der Waals surface area contributed by atoms with Crippen molar-refractivity contribution in [1.29, 1.82) is 0 Å². The molecule has 0 fully saturated rings. The van der Waals surface area contributed by atoms with Gasteiger partial charge in [0, 0.05) is 10.5 Å². The molecule has 2 rings (SSSR count). The van der Waals surface area contributed by atoms with Gasteiger partial charge in [-0.1, -0.05) is 15.9 Å². The molecule has 0 heterocycles. The number of hydrogen-bond donors (Lipinski definition) is 1. The minimum atomic E-state index is -1.01. The van der Waals surface area contributed by atoms with Gasteiger partial charge in [-0.2, -0.15) is 0 Å². The molecule has 2 aromatic rings. The average molecular weight is 438 g/mol. The summed E-state index contributed by atoms with van der Waals surface area (Å²) in [5.41, 5.74) is 0.413. The number of carbonyl (C=O) groups excluding carboxylic acids is 2. The van der Waals surface area contributed by atoms with E-state index in [0.717, 1.165) is 4.47 Å². The lowest BCUT2D eigenvalue weighted by Gasteiger charge is -2.16. The van der Waals surface area contributed by atoms with Crippen LogP contribution in [-0.4, -0.2) is 38.8 Å². The molecular weight excluding hydrogens is 418 g/mol. The maximum absolute atomic E-state index is 12.3. The Labute approximate surface area is 165 Å². The van der Waals surface area contributed by atoms with Crippen molar-refractivity contribution in [2.24, 2.45) is 0 Å².